The summed E-state index contributed by atoms with van der Waals surface area (Å²) in [5, 5.41) is 8.87. The van der Waals surface area contributed by atoms with Gasteiger partial charge in [-0.3, -0.25) is 0 Å². The molecule has 0 spiro atoms. The van der Waals surface area contributed by atoms with E-state index in [2.05, 4.69) is 0 Å². The molecule has 0 radical (unpaired) electrons. The van der Waals surface area contributed by atoms with Crippen LogP contribution in [-0.4, -0.2) is 31.9 Å². The minimum atomic E-state index is -0.922. The van der Waals surface area contributed by atoms with Gasteiger partial charge in [-0.05, 0) is 12.5 Å². The van der Waals surface area contributed by atoms with Crippen molar-refractivity contribution in [3.05, 3.63) is 29.8 Å². The highest BCUT2D eigenvalue weighted by Crippen LogP contribution is 2.27. The first kappa shape index (κ1) is 14.9. The molecule has 0 saturated heterocycles. The third kappa shape index (κ3) is 4.54. The lowest BCUT2D eigenvalue weighted by atomic mass is 10.2. The van der Waals surface area contributed by atoms with Gasteiger partial charge in [0.1, 0.15) is 23.9 Å². The lowest BCUT2D eigenvalue weighted by Crippen LogP contribution is -2.03. The lowest BCUT2D eigenvalue weighted by molar-refractivity contribution is -0.132. The van der Waals surface area contributed by atoms with E-state index in [1.807, 2.05) is 0 Å². The maximum absolute atomic E-state index is 10.8. The average molecular weight is 266 g/mol. The number of carbonyl (C=O) groups is 1. The summed E-state index contributed by atoms with van der Waals surface area (Å²) < 4.78 is 15.7. The quantitative estimate of drug-likeness (QED) is 0.768. The maximum atomic E-state index is 10.8. The van der Waals surface area contributed by atoms with Crippen molar-refractivity contribution >= 4 is 5.97 Å². The van der Waals surface area contributed by atoms with Crippen LogP contribution >= 0.6 is 0 Å². The maximum Gasteiger partial charge on any atom is 0.331 e. The summed E-state index contributed by atoms with van der Waals surface area (Å²) >= 11 is 0. The van der Waals surface area contributed by atoms with E-state index in [9.17, 15) is 4.79 Å². The van der Waals surface area contributed by atoms with Gasteiger partial charge < -0.3 is 19.3 Å². The van der Waals surface area contributed by atoms with E-state index >= 15 is 0 Å². The van der Waals surface area contributed by atoms with Gasteiger partial charge in [-0.25, -0.2) is 4.79 Å². The molecule has 0 heterocycles. The number of hydrogen-bond acceptors (Lipinski definition) is 4. The third-order valence-corrected chi connectivity index (χ3v) is 2.56. The zero-order valence-electron chi connectivity index (χ0n) is 11.3. The predicted molar refractivity (Wildman–Crippen MR) is 71.1 cm³/mol. The van der Waals surface area contributed by atoms with Crippen LogP contribution in [0.5, 0.6) is 17.2 Å². The Kier molecular flexibility index (Phi) is 5.73. The van der Waals surface area contributed by atoms with Crippen molar-refractivity contribution < 1.29 is 24.1 Å². The number of carboxylic acids is 1. The van der Waals surface area contributed by atoms with Gasteiger partial charge in [0.2, 0.25) is 0 Å². The van der Waals surface area contributed by atoms with Crippen LogP contribution in [0.2, 0.25) is 0 Å². The molecule has 1 N–H and O–H groups in total. The summed E-state index contributed by atoms with van der Waals surface area (Å²) in [6.45, 7) is 1.97. The fourth-order valence-corrected chi connectivity index (χ4v) is 1.49. The molecule has 1 aromatic rings. The highest BCUT2D eigenvalue weighted by Gasteiger charge is 2.05. The molecule has 19 heavy (non-hydrogen) atoms. The molecule has 1 rings (SSSR count). The van der Waals surface area contributed by atoms with Gasteiger partial charge in [-0.15, -0.1) is 0 Å². The van der Waals surface area contributed by atoms with Gasteiger partial charge in [0.05, 0.1) is 14.2 Å². The standard InChI is InChI=1S/C14H18O5/c1-4-10(14(15)16)5-6-19-13-8-11(17-2)7-12(9-13)18-3/h5,7-9H,4,6H2,1-3H3,(H,15,16). The van der Waals surface area contributed by atoms with Crippen LogP contribution in [0.15, 0.2) is 29.8 Å². The van der Waals surface area contributed by atoms with Crippen LogP contribution in [0.4, 0.5) is 0 Å². The molecule has 0 bridgehead atoms. The first-order valence-electron chi connectivity index (χ1n) is 5.88. The smallest absolute Gasteiger partial charge is 0.331 e. The summed E-state index contributed by atoms with van der Waals surface area (Å²) in [7, 11) is 3.11. The molecule has 1 aromatic carbocycles. The van der Waals surface area contributed by atoms with Gasteiger partial charge in [0.25, 0.3) is 0 Å². The van der Waals surface area contributed by atoms with Crippen LogP contribution < -0.4 is 14.2 Å². The second-order valence-corrected chi connectivity index (χ2v) is 3.75. The molecule has 0 fully saturated rings. The third-order valence-electron chi connectivity index (χ3n) is 2.56. The number of benzene rings is 1. The topological polar surface area (TPSA) is 65.0 Å². The van der Waals surface area contributed by atoms with Crippen molar-refractivity contribution in [1.82, 2.24) is 0 Å². The van der Waals surface area contributed by atoms with E-state index < -0.39 is 5.97 Å². The van der Waals surface area contributed by atoms with Crippen molar-refractivity contribution in [2.24, 2.45) is 0 Å². The Morgan fingerprint density at radius 3 is 2.11 bits per heavy atom. The number of carboxylic acid groups (broad SMARTS) is 1. The largest absolute Gasteiger partial charge is 0.496 e. The number of aliphatic carboxylic acids is 1. The molecule has 104 valence electrons. The van der Waals surface area contributed by atoms with Gasteiger partial charge in [0.15, 0.2) is 0 Å². The van der Waals surface area contributed by atoms with Gasteiger partial charge >= 0.3 is 5.97 Å². The molecule has 0 aliphatic carbocycles. The zero-order chi connectivity index (χ0) is 14.3. The van der Waals surface area contributed by atoms with Gasteiger partial charge in [0, 0.05) is 23.8 Å². The van der Waals surface area contributed by atoms with E-state index in [-0.39, 0.29) is 6.61 Å². The molecule has 5 heteroatoms. The summed E-state index contributed by atoms with van der Waals surface area (Å²) in [6, 6.07) is 5.16. The van der Waals surface area contributed by atoms with Crippen molar-refractivity contribution in [3.63, 3.8) is 0 Å². The Morgan fingerprint density at radius 2 is 1.68 bits per heavy atom. The predicted octanol–water partition coefficient (Wildman–Crippen LogP) is 2.50. The number of rotatable bonds is 7. The number of ether oxygens (including phenoxy) is 3. The van der Waals surface area contributed by atoms with Crippen molar-refractivity contribution in [2.75, 3.05) is 20.8 Å². The Balaban J connectivity index is 2.74. The fraction of sp³-hybridized carbons (Fsp3) is 0.357. The van der Waals surface area contributed by atoms with Gasteiger partial charge in [-0.2, -0.15) is 0 Å². The monoisotopic (exact) mass is 266 g/mol. The van der Waals surface area contributed by atoms with E-state index in [1.54, 1.807) is 45.4 Å². The zero-order valence-corrected chi connectivity index (χ0v) is 11.3. The Labute approximate surface area is 112 Å². The van der Waals surface area contributed by atoms with Crippen LogP contribution in [-0.2, 0) is 4.79 Å². The highest BCUT2D eigenvalue weighted by atomic mass is 16.5. The molecule has 0 aromatic heterocycles. The van der Waals surface area contributed by atoms with Crippen LogP contribution in [0, 0.1) is 0 Å². The van der Waals surface area contributed by atoms with Crippen LogP contribution in [0.3, 0.4) is 0 Å². The Morgan fingerprint density at radius 1 is 1.16 bits per heavy atom. The summed E-state index contributed by atoms with van der Waals surface area (Å²) in [5.74, 6) is 0.877. The molecule has 0 aliphatic heterocycles. The lowest BCUT2D eigenvalue weighted by Gasteiger charge is -2.09. The fourth-order valence-electron chi connectivity index (χ4n) is 1.49. The first-order valence-corrected chi connectivity index (χ1v) is 5.88. The minimum absolute atomic E-state index is 0.186. The molecular weight excluding hydrogens is 248 g/mol. The summed E-state index contributed by atoms with van der Waals surface area (Å²) in [5.41, 5.74) is 0.329. The number of methoxy groups -OCH3 is 2. The van der Waals surface area contributed by atoms with Crippen molar-refractivity contribution in [2.45, 2.75) is 13.3 Å². The minimum Gasteiger partial charge on any atom is -0.496 e. The molecular formula is C14H18O5. The Bertz CT molecular complexity index is 443. The van der Waals surface area contributed by atoms with E-state index in [0.717, 1.165) is 0 Å². The van der Waals surface area contributed by atoms with Crippen molar-refractivity contribution in [1.29, 1.82) is 0 Å². The van der Waals surface area contributed by atoms with Gasteiger partial charge in [-0.1, -0.05) is 6.92 Å². The van der Waals surface area contributed by atoms with Crippen molar-refractivity contribution in [3.8, 4) is 17.2 Å². The molecule has 0 amide bonds. The first-order chi connectivity index (χ1) is 9.10. The van der Waals surface area contributed by atoms with E-state index in [4.69, 9.17) is 19.3 Å². The molecule has 0 unspecified atom stereocenters. The molecule has 0 saturated carbocycles. The highest BCUT2D eigenvalue weighted by molar-refractivity contribution is 5.86. The van der Waals surface area contributed by atoms with Crippen LogP contribution in [0.25, 0.3) is 0 Å². The second-order valence-electron chi connectivity index (χ2n) is 3.75. The second kappa shape index (κ2) is 7.31. The summed E-state index contributed by atoms with van der Waals surface area (Å²) in [4.78, 5) is 10.8. The number of hydrogen-bond donors (Lipinski definition) is 1. The molecule has 0 atom stereocenters. The van der Waals surface area contributed by atoms with E-state index in [1.165, 1.54) is 0 Å². The molecule has 5 nitrogen and oxygen atoms in total. The SMILES string of the molecule is CCC(=CCOc1cc(OC)cc(OC)c1)C(=O)O. The average Bonchev–Trinajstić information content (AvgIpc) is 2.42. The van der Waals surface area contributed by atoms with E-state index in [0.29, 0.717) is 29.2 Å². The normalized spacial score (nSPS) is 11.0. The molecule has 0 aliphatic rings. The van der Waals surface area contributed by atoms with Crippen LogP contribution in [0.1, 0.15) is 13.3 Å². The summed E-state index contributed by atoms with van der Waals surface area (Å²) in [6.07, 6.45) is 2.01. The Hall–Kier alpha value is -2.17.